The lowest BCUT2D eigenvalue weighted by Crippen LogP contribution is -2.42. The molecule has 1 aromatic rings. The molecule has 0 aromatic carbocycles. The van der Waals surface area contributed by atoms with Crippen LogP contribution in [0.3, 0.4) is 0 Å². The van der Waals surface area contributed by atoms with Crippen molar-refractivity contribution in [3.8, 4) is 0 Å². The molecule has 0 atom stereocenters. The van der Waals surface area contributed by atoms with Gasteiger partial charge in [0.05, 0.1) is 17.2 Å². The summed E-state index contributed by atoms with van der Waals surface area (Å²) in [6.07, 6.45) is 5.69. The molecule has 0 unspecified atom stereocenters. The summed E-state index contributed by atoms with van der Waals surface area (Å²) in [5.74, 6) is -0.667. The maximum Gasteiger partial charge on any atom is 0.309 e. The van der Waals surface area contributed by atoms with E-state index >= 15 is 0 Å². The Hall–Kier alpha value is -1.36. The van der Waals surface area contributed by atoms with Gasteiger partial charge in [0.1, 0.15) is 0 Å². The first kappa shape index (κ1) is 16.0. The van der Waals surface area contributed by atoms with Crippen LogP contribution in [-0.4, -0.2) is 38.8 Å². The predicted molar refractivity (Wildman–Crippen MR) is 82.1 cm³/mol. The van der Waals surface area contributed by atoms with Crippen LogP contribution in [0.5, 0.6) is 0 Å². The SMILES string of the molecule is CCC(CC)n1ccc(CN2CCC(C)(C(=O)O)CC2)n1. The van der Waals surface area contributed by atoms with Crippen LogP contribution >= 0.6 is 0 Å². The second-order valence-corrected chi connectivity index (χ2v) is 6.40. The summed E-state index contributed by atoms with van der Waals surface area (Å²) in [5.41, 5.74) is 0.534. The van der Waals surface area contributed by atoms with Crippen LogP contribution < -0.4 is 0 Å². The van der Waals surface area contributed by atoms with Crippen molar-refractivity contribution in [2.75, 3.05) is 13.1 Å². The van der Waals surface area contributed by atoms with E-state index in [1.165, 1.54) is 0 Å². The van der Waals surface area contributed by atoms with E-state index in [0.717, 1.165) is 51.0 Å². The van der Waals surface area contributed by atoms with E-state index in [0.29, 0.717) is 6.04 Å². The van der Waals surface area contributed by atoms with Gasteiger partial charge in [0, 0.05) is 12.7 Å². The Kier molecular flexibility index (Phi) is 5.04. The van der Waals surface area contributed by atoms with Gasteiger partial charge in [-0.25, -0.2) is 0 Å². The van der Waals surface area contributed by atoms with Crippen molar-refractivity contribution in [3.05, 3.63) is 18.0 Å². The number of aliphatic carboxylic acids is 1. The number of piperidine rings is 1. The lowest BCUT2D eigenvalue weighted by molar-refractivity contribution is -0.150. The van der Waals surface area contributed by atoms with Crippen molar-refractivity contribution in [3.63, 3.8) is 0 Å². The van der Waals surface area contributed by atoms with Gasteiger partial charge in [0.25, 0.3) is 0 Å². The molecule has 0 amide bonds. The van der Waals surface area contributed by atoms with E-state index in [-0.39, 0.29) is 0 Å². The zero-order valence-corrected chi connectivity index (χ0v) is 13.4. The summed E-state index contributed by atoms with van der Waals surface area (Å²) in [4.78, 5) is 13.6. The van der Waals surface area contributed by atoms with Crippen LogP contribution in [0.2, 0.25) is 0 Å². The van der Waals surface area contributed by atoms with Crippen molar-refractivity contribution < 1.29 is 9.90 Å². The van der Waals surface area contributed by atoms with E-state index in [1.807, 2.05) is 6.92 Å². The number of carboxylic acids is 1. The van der Waals surface area contributed by atoms with Gasteiger partial charge in [-0.05, 0) is 51.8 Å². The molecule has 0 saturated carbocycles. The summed E-state index contributed by atoms with van der Waals surface area (Å²) in [7, 11) is 0. The first-order valence-electron chi connectivity index (χ1n) is 7.98. The molecule has 0 bridgehead atoms. The number of rotatable bonds is 6. The highest BCUT2D eigenvalue weighted by atomic mass is 16.4. The maximum absolute atomic E-state index is 11.3. The molecule has 0 radical (unpaired) electrons. The van der Waals surface area contributed by atoms with Crippen molar-refractivity contribution in [1.29, 1.82) is 0 Å². The van der Waals surface area contributed by atoms with E-state index in [2.05, 4.69) is 40.8 Å². The molecule has 1 N–H and O–H groups in total. The van der Waals surface area contributed by atoms with Crippen molar-refractivity contribution in [2.24, 2.45) is 5.41 Å². The molecule has 118 valence electrons. The van der Waals surface area contributed by atoms with Crippen LogP contribution in [0.1, 0.15) is 58.2 Å². The molecular formula is C16H27N3O2. The fourth-order valence-electron chi connectivity index (χ4n) is 2.98. The Bertz CT molecular complexity index is 472. The van der Waals surface area contributed by atoms with Gasteiger partial charge in [-0.3, -0.25) is 14.4 Å². The fraction of sp³-hybridized carbons (Fsp3) is 0.750. The molecule has 0 aliphatic carbocycles. The molecule has 1 aromatic heterocycles. The number of carbonyl (C=O) groups is 1. The van der Waals surface area contributed by atoms with E-state index < -0.39 is 11.4 Å². The molecule has 21 heavy (non-hydrogen) atoms. The molecule has 5 nitrogen and oxygen atoms in total. The number of hydrogen-bond acceptors (Lipinski definition) is 3. The molecular weight excluding hydrogens is 266 g/mol. The normalized spacial score (nSPS) is 19.0. The monoisotopic (exact) mass is 293 g/mol. The summed E-state index contributed by atoms with van der Waals surface area (Å²) in [5, 5.41) is 13.9. The standard InChI is InChI=1S/C16H27N3O2/c1-4-14(5-2)19-9-6-13(17-19)12-18-10-7-16(3,8-11-18)15(20)21/h6,9,14H,4-5,7-8,10-12H2,1-3H3,(H,20,21). The van der Waals surface area contributed by atoms with Crippen LogP contribution in [-0.2, 0) is 11.3 Å². The molecule has 1 fully saturated rings. The third kappa shape index (κ3) is 3.64. The summed E-state index contributed by atoms with van der Waals surface area (Å²) in [6, 6.07) is 2.57. The topological polar surface area (TPSA) is 58.4 Å². The predicted octanol–water partition coefficient (Wildman–Crippen LogP) is 2.93. The second kappa shape index (κ2) is 6.60. The quantitative estimate of drug-likeness (QED) is 0.876. The summed E-state index contributed by atoms with van der Waals surface area (Å²) >= 11 is 0. The highest BCUT2D eigenvalue weighted by Crippen LogP contribution is 2.31. The first-order valence-corrected chi connectivity index (χ1v) is 7.98. The third-order valence-corrected chi connectivity index (χ3v) is 4.84. The van der Waals surface area contributed by atoms with Gasteiger partial charge in [-0.1, -0.05) is 13.8 Å². The van der Waals surface area contributed by atoms with Crippen LogP contribution in [0, 0.1) is 5.41 Å². The minimum atomic E-state index is -0.667. The fourth-order valence-corrected chi connectivity index (χ4v) is 2.98. The minimum absolute atomic E-state index is 0.482. The van der Waals surface area contributed by atoms with E-state index in [1.54, 1.807) is 0 Å². The maximum atomic E-state index is 11.3. The number of aromatic nitrogens is 2. The van der Waals surface area contributed by atoms with Gasteiger partial charge in [-0.15, -0.1) is 0 Å². The van der Waals surface area contributed by atoms with Gasteiger partial charge >= 0.3 is 5.97 Å². The third-order valence-electron chi connectivity index (χ3n) is 4.84. The zero-order valence-electron chi connectivity index (χ0n) is 13.4. The van der Waals surface area contributed by atoms with Crippen LogP contribution in [0.25, 0.3) is 0 Å². The molecule has 0 spiro atoms. The average molecular weight is 293 g/mol. The Morgan fingerprint density at radius 2 is 2.00 bits per heavy atom. The molecule has 5 heteroatoms. The Labute approximate surface area is 126 Å². The van der Waals surface area contributed by atoms with Gasteiger partial charge in [-0.2, -0.15) is 5.10 Å². The largest absolute Gasteiger partial charge is 0.481 e. The first-order chi connectivity index (χ1) is 9.98. The van der Waals surface area contributed by atoms with Crippen molar-refractivity contribution in [2.45, 2.75) is 59.0 Å². The highest BCUT2D eigenvalue weighted by Gasteiger charge is 2.36. The van der Waals surface area contributed by atoms with Crippen LogP contribution in [0.4, 0.5) is 0 Å². The molecule has 1 aliphatic rings. The van der Waals surface area contributed by atoms with Gasteiger partial charge < -0.3 is 5.11 Å². The Balaban J connectivity index is 1.91. The van der Waals surface area contributed by atoms with Gasteiger partial charge in [0.2, 0.25) is 0 Å². The molecule has 1 saturated heterocycles. The Morgan fingerprint density at radius 1 is 1.38 bits per heavy atom. The lowest BCUT2D eigenvalue weighted by Gasteiger charge is -2.36. The van der Waals surface area contributed by atoms with Crippen LogP contribution in [0.15, 0.2) is 12.3 Å². The smallest absolute Gasteiger partial charge is 0.309 e. The minimum Gasteiger partial charge on any atom is -0.481 e. The summed E-state index contributed by atoms with van der Waals surface area (Å²) in [6.45, 7) is 8.72. The number of hydrogen-bond donors (Lipinski definition) is 1. The highest BCUT2D eigenvalue weighted by molar-refractivity contribution is 5.74. The number of likely N-dealkylation sites (tertiary alicyclic amines) is 1. The van der Waals surface area contributed by atoms with Gasteiger partial charge in [0.15, 0.2) is 0 Å². The molecule has 2 rings (SSSR count). The van der Waals surface area contributed by atoms with E-state index in [4.69, 9.17) is 0 Å². The average Bonchev–Trinajstić information content (AvgIpc) is 2.91. The van der Waals surface area contributed by atoms with Crippen molar-refractivity contribution in [1.82, 2.24) is 14.7 Å². The molecule has 1 aliphatic heterocycles. The zero-order chi connectivity index (χ0) is 15.5. The Morgan fingerprint density at radius 3 is 2.52 bits per heavy atom. The number of nitrogens with zero attached hydrogens (tertiary/aromatic N) is 3. The molecule has 2 heterocycles. The summed E-state index contributed by atoms with van der Waals surface area (Å²) < 4.78 is 2.07. The second-order valence-electron chi connectivity index (χ2n) is 6.40. The van der Waals surface area contributed by atoms with Crippen molar-refractivity contribution >= 4 is 5.97 Å². The van der Waals surface area contributed by atoms with E-state index in [9.17, 15) is 9.90 Å². The number of carboxylic acid groups (broad SMARTS) is 1. The lowest BCUT2D eigenvalue weighted by atomic mass is 9.80.